The monoisotopic (exact) mass is 862 g/mol. The number of hydrogen-bond acceptors (Lipinski definition) is 3. The Morgan fingerprint density at radius 3 is 1.62 bits per heavy atom. The Morgan fingerprint density at radius 2 is 0.985 bits per heavy atom. The van der Waals surface area contributed by atoms with Crippen molar-refractivity contribution in [3.63, 3.8) is 0 Å². The molecule has 7 aromatic rings. The van der Waals surface area contributed by atoms with Crippen molar-refractivity contribution in [3.8, 4) is 56.5 Å². The zero-order chi connectivity index (χ0) is 44.4. The van der Waals surface area contributed by atoms with Crippen LogP contribution in [0.15, 0.2) is 146 Å². The molecule has 4 fully saturated rings. The van der Waals surface area contributed by atoms with Gasteiger partial charge in [-0.05, 0) is 174 Å². The molecule has 2 heterocycles. The first-order valence-corrected chi connectivity index (χ1v) is 25.5. The largest absolute Gasteiger partial charge is 0.457 e. The van der Waals surface area contributed by atoms with Crippen LogP contribution in [0, 0.1) is 35.5 Å². The molecule has 0 radical (unpaired) electrons. The van der Waals surface area contributed by atoms with Gasteiger partial charge in [0, 0.05) is 27.8 Å². The lowest BCUT2D eigenvalue weighted by molar-refractivity contribution is 0.145. The van der Waals surface area contributed by atoms with Crippen molar-refractivity contribution < 1.29 is 4.74 Å². The van der Waals surface area contributed by atoms with Gasteiger partial charge in [0.25, 0.3) is 0 Å². The second kappa shape index (κ2) is 15.1. The highest BCUT2D eigenvalue weighted by atomic mass is 16.5. The summed E-state index contributed by atoms with van der Waals surface area (Å²) in [5.41, 5.74) is 15.8. The summed E-state index contributed by atoms with van der Waals surface area (Å²) >= 11 is 0. The molecule has 13 rings (SSSR count). The Labute approximate surface area is 392 Å². The molecule has 0 amide bonds. The van der Waals surface area contributed by atoms with Crippen molar-refractivity contribution in [3.05, 3.63) is 179 Å². The van der Waals surface area contributed by atoms with Crippen molar-refractivity contribution in [2.24, 2.45) is 35.5 Å². The van der Waals surface area contributed by atoms with Crippen LogP contribution in [-0.4, -0.2) is 9.97 Å². The van der Waals surface area contributed by atoms with Gasteiger partial charge in [-0.2, -0.15) is 0 Å². The fourth-order valence-electron chi connectivity index (χ4n) is 15.5. The van der Waals surface area contributed by atoms with Crippen molar-refractivity contribution in [1.29, 1.82) is 0 Å². The Bertz CT molecular complexity index is 2980. The molecule has 1 aromatic heterocycles. The number of aromatic nitrogens is 2. The zero-order valence-electron chi connectivity index (χ0n) is 39.2. The molecular weight excluding hydrogens is 801 g/mol. The van der Waals surface area contributed by atoms with Gasteiger partial charge in [-0.25, -0.2) is 9.97 Å². The fourth-order valence-corrected chi connectivity index (χ4v) is 15.5. The van der Waals surface area contributed by atoms with Crippen molar-refractivity contribution in [2.75, 3.05) is 0 Å². The first-order chi connectivity index (χ1) is 32.3. The molecule has 1 aliphatic heterocycles. The second-order valence-electron chi connectivity index (χ2n) is 21.7. The van der Waals surface area contributed by atoms with E-state index < -0.39 is 5.41 Å². The topological polar surface area (TPSA) is 35.0 Å². The molecular formula is C63H62N2O. The van der Waals surface area contributed by atoms with E-state index in [2.05, 4.69) is 173 Å². The van der Waals surface area contributed by atoms with Crippen LogP contribution in [0.1, 0.15) is 125 Å². The Morgan fingerprint density at radius 1 is 0.455 bits per heavy atom. The van der Waals surface area contributed by atoms with Crippen LogP contribution in [0.5, 0.6) is 11.5 Å². The molecule has 0 N–H and O–H groups in total. The van der Waals surface area contributed by atoms with E-state index in [0.29, 0.717) is 0 Å². The van der Waals surface area contributed by atoms with Gasteiger partial charge in [0.1, 0.15) is 11.5 Å². The van der Waals surface area contributed by atoms with Crippen molar-refractivity contribution in [2.45, 2.75) is 108 Å². The quantitative estimate of drug-likeness (QED) is 0.160. The minimum absolute atomic E-state index is 0.146. The lowest BCUT2D eigenvalue weighted by atomic mass is 9.60. The molecule has 5 aliphatic carbocycles. The molecule has 0 saturated heterocycles. The Hall–Kier alpha value is -5.80. The molecule has 4 unspecified atom stereocenters. The molecule has 3 nitrogen and oxygen atoms in total. The van der Waals surface area contributed by atoms with E-state index >= 15 is 0 Å². The number of benzene rings is 6. The van der Waals surface area contributed by atoms with E-state index in [0.717, 1.165) is 76.2 Å². The van der Waals surface area contributed by atoms with Crippen LogP contribution in [0.2, 0.25) is 0 Å². The van der Waals surface area contributed by atoms with E-state index in [1.165, 1.54) is 113 Å². The molecule has 8 atom stereocenters. The Balaban J connectivity index is 1.00. The third-order valence-electron chi connectivity index (χ3n) is 19.1. The standard InChI is InChI=1S/C63H62N2O/c1-5-61(35-43-26-27-44(36-61)39(43)3)47-17-15-16-41(32-47)56-34-57(49-19-8-9-20-51(49)62(6-2)37-45-28-29-46(38-62)40(45)4)65-60(64-56)42-30-31-53-50(33-42)48-18-7-10-21-52(48)63(53)54-22-11-13-24-58(54)66-59-25-14-12-23-55(59)63/h7-25,30-34,39-40,43-46H,5-6,26-29,35-38H2,1-4H3/t39-,40-,43+,44?,45+,46?,61?,62?/m0/s1. The van der Waals surface area contributed by atoms with Gasteiger partial charge in [-0.3, -0.25) is 0 Å². The summed E-state index contributed by atoms with van der Waals surface area (Å²) in [7, 11) is 0. The third kappa shape index (κ3) is 5.80. The maximum atomic E-state index is 6.65. The number of para-hydroxylation sites is 2. The first kappa shape index (κ1) is 40.5. The summed E-state index contributed by atoms with van der Waals surface area (Å²) < 4.78 is 6.65. The van der Waals surface area contributed by atoms with Gasteiger partial charge in [-0.15, -0.1) is 0 Å². The number of nitrogens with zero attached hydrogens (tertiary/aromatic N) is 2. The minimum Gasteiger partial charge on any atom is -0.457 e. The van der Waals surface area contributed by atoms with Crippen LogP contribution in [0.3, 0.4) is 0 Å². The number of fused-ring (bicyclic) bond motifs is 13. The van der Waals surface area contributed by atoms with E-state index in [1.807, 2.05) is 0 Å². The average molecular weight is 863 g/mol. The van der Waals surface area contributed by atoms with Crippen LogP contribution < -0.4 is 4.74 Å². The van der Waals surface area contributed by atoms with Gasteiger partial charge >= 0.3 is 0 Å². The predicted octanol–water partition coefficient (Wildman–Crippen LogP) is 16.2. The summed E-state index contributed by atoms with van der Waals surface area (Å²) in [5, 5.41) is 0. The van der Waals surface area contributed by atoms with Crippen molar-refractivity contribution in [1.82, 2.24) is 9.97 Å². The van der Waals surface area contributed by atoms with E-state index in [-0.39, 0.29) is 10.8 Å². The van der Waals surface area contributed by atoms with E-state index in [9.17, 15) is 0 Å². The van der Waals surface area contributed by atoms with Crippen molar-refractivity contribution >= 4 is 0 Å². The summed E-state index contributed by atoms with van der Waals surface area (Å²) in [6, 6.07) is 54.6. The lowest BCUT2D eigenvalue weighted by Gasteiger charge is -2.44. The number of hydrogen-bond donors (Lipinski definition) is 0. The van der Waals surface area contributed by atoms with Gasteiger partial charge in [-0.1, -0.05) is 143 Å². The van der Waals surface area contributed by atoms with Gasteiger partial charge in [0.2, 0.25) is 0 Å². The van der Waals surface area contributed by atoms with Gasteiger partial charge in [0.05, 0.1) is 16.8 Å². The minimum atomic E-state index is -0.514. The predicted molar refractivity (Wildman–Crippen MR) is 269 cm³/mol. The molecule has 4 saturated carbocycles. The second-order valence-corrected chi connectivity index (χ2v) is 21.7. The number of rotatable bonds is 7. The molecule has 3 heteroatoms. The molecule has 66 heavy (non-hydrogen) atoms. The summed E-state index contributed by atoms with van der Waals surface area (Å²) in [5.74, 6) is 7.54. The van der Waals surface area contributed by atoms with E-state index in [1.54, 1.807) is 0 Å². The SMILES string of the molecule is CCC1(c2cccc(-c3cc(-c4ccccc4C4(CC)CC5CC[C@H](C4)[C@@H]5C)nc(-c4ccc5c(c4)-c4ccccc4C54c5ccccc5Oc5ccccc54)n3)c2)CC2CC[C@H](C1)[C@@H]2C. The summed E-state index contributed by atoms with van der Waals surface area (Å²) in [4.78, 5) is 11.3. The van der Waals surface area contributed by atoms with Crippen LogP contribution in [-0.2, 0) is 16.2 Å². The molecule has 4 bridgehead atoms. The smallest absolute Gasteiger partial charge is 0.160 e. The normalized spacial score (nSPS) is 28.3. The maximum Gasteiger partial charge on any atom is 0.160 e. The molecule has 6 aliphatic rings. The lowest BCUT2D eigenvalue weighted by Crippen LogP contribution is -2.37. The number of ether oxygens (including phenoxy) is 1. The third-order valence-corrected chi connectivity index (χ3v) is 19.1. The van der Waals surface area contributed by atoms with Gasteiger partial charge in [0.15, 0.2) is 5.82 Å². The van der Waals surface area contributed by atoms with E-state index in [4.69, 9.17) is 14.7 Å². The fraction of sp³-hybridized carbons (Fsp3) is 0.365. The Kier molecular flexibility index (Phi) is 9.27. The first-order valence-electron chi connectivity index (χ1n) is 25.5. The molecule has 1 spiro atoms. The molecule has 330 valence electrons. The van der Waals surface area contributed by atoms with Crippen LogP contribution >= 0.6 is 0 Å². The maximum absolute atomic E-state index is 6.65. The molecule has 6 aromatic carbocycles. The summed E-state index contributed by atoms with van der Waals surface area (Å²) in [6.07, 6.45) is 13.0. The van der Waals surface area contributed by atoms with Gasteiger partial charge < -0.3 is 4.74 Å². The highest BCUT2D eigenvalue weighted by Gasteiger charge is 2.52. The highest BCUT2D eigenvalue weighted by Crippen LogP contribution is 2.63. The van der Waals surface area contributed by atoms with Crippen LogP contribution in [0.25, 0.3) is 45.0 Å². The zero-order valence-corrected chi connectivity index (χ0v) is 39.2. The highest BCUT2D eigenvalue weighted by molar-refractivity contribution is 5.90. The summed E-state index contributed by atoms with van der Waals surface area (Å²) in [6.45, 7) is 9.94. The average Bonchev–Trinajstić information content (AvgIpc) is 3.84. The van der Waals surface area contributed by atoms with Crippen LogP contribution in [0.4, 0.5) is 0 Å².